The van der Waals surface area contributed by atoms with Gasteiger partial charge >= 0.3 is 5.97 Å². The Labute approximate surface area is 175 Å². The van der Waals surface area contributed by atoms with Gasteiger partial charge in [-0.3, -0.25) is 4.79 Å². The van der Waals surface area contributed by atoms with Crippen molar-refractivity contribution in [2.24, 2.45) is 5.92 Å². The number of ether oxygens (including phenoxy) is 3. The Morgan fingerprint density at radius 1 is 1.20 bits per heavy atom. The standard InChI is InChI=1S/C23H26N2O5/c1-3-5-15-8-10-29-19-13-17(6-7-18(19)21(15)26)25-9-11-30-20-12-16(14-24-22(20)25)23(27)28-4-2/h6-7,12-15H,3-5,8-11H2,1-2H3. The number of fused-ring (bicyclic) bond motifs is 2. The minimum Gasteiger partial charge on any atom is -0.493 e. The van der Waals surface area contributed by atoms with Crippen molar-refractivity contribution in [3.63, 3.8) is 0 Å². The van der Waals surface area contributed by atoms with Crippen LogP contribution < -0.4 is 14.4 Å². The van der Waals surface area contributed by atoms with E-state index in [4.69, 9.17) is 14.2 Å². The topological polar surface area (TPSA) is 78.0 Å². The molecule has 2 aromatic rings. The molecule has 2 aliphatic heterocycles. The SMILES string of the molecule is CCCC1CCOc2cc(N3CCOc4cc(C(=O)OCC)cnc43)ccc2C1=O. The van der Waals surface area contributed by atoms with E-state index in [9.17, 15) is 9.59 Å². The minimum absolute atomic E-state index is 0.0224. The second-order valence-corrected chi connectivity index (χ2v) is 7.43. The number of rotatable bonds is 5. The van der Waals surface area contributed by atoms with Gasteiger partial charge in [-0.25, -0.2) is 9.78 Å². The van der Waals surface area contributed by atoms with E-state index in [0.717, 1.165) is 24.9 Å². The van der Waals surface area contributed by atoms with Crippen molar-refractivity contribution in [2.45, 2.75) is 33.1 Å². The first-order valence-electron chi connectivity index (χ1n) is 10.5. The third kappa shape index (κ3) is 3.84. The predicted molar refractivity (Wildman–Crippen MR) is 112 cm³/mol. The molecule has 1 aromatic heterocycles. The lowest BCUT2D eigenvalue weighted by molar-refractivity contribution is 0.0525. The molecular weight excluding hydrogens is 384 g/mol. The molecule has 3 heterocycles. The molecule has 0 saturated heterocycles. The molecule has 0 amide bonds. The molecule has 0 N–H and O–H groups in total. The quantitative estimate of drug-likeness (QED) is 0.685. The first kappa shape index (κ1) is 20.2. The number of aromatic nitrogens is 1. The summed E-state index contributed by atoms with van der Waals surface area (Å²) in [7, 11) is 0. The van der Waals surface area contributed by atoms with Crippen LogP contribution in [0.4, 0.5) is 11.5 Å². The van der Waals surface area contributed by atoms with Gasteiger partial charge in [0.05, 0.1) is 30.9 Å². The van der Waals surface area contributed by atoms with Crippen LogP contribution in [-0.2, 0) is 4.74 Å². The van der Waals surface area contributed by atoms with E-state index in [1.165, 1.54) is 6.20 Å². The van der Waals surface area contributed by atoms with E-state index in [1.54, 1.807) is 13.0 Å². The molecule has 4 rings (SSSR count). The average molecular weight is 410 g/mol. The van der Waals surface area contributed by atoms with Crippen LogP contribution in [0.5, 0.6) is 11.5 Å². The largest absolute Gasteiger partial charge is 0.493 e. The smallest absolute Gasteiger partial charge is 0.339 e. The normalized spacial score (nSPS) is 17.9. The number of Topliss-reactive ketones (excluding diaryl/α,β-unsaturated/α-hetero) is 1. The molecule has 0 saturated carbocycles. The van der Waals surface area contributed by atoms with Crippen molar-refractivity contribution >= 4 is 23.3 Å². The maximum Gasteiger partial charge on any atom is 0.339 e. The van der Waals surface area contributed by atoms with Crippen molar-refractivity contribution in [1.82, 2.24) is 4.98 Å². The Morgan fingerprint density at radius 2 is 2.03 bits per heavy atom. The van der Waals surface area contributed by atoms with Gasteiger partial charge in [0.2, 0.25) is 0 Å². The van der Waals surface area contributed by atoms with E-state index in [2.05, 4.69) is 11.9 Å². The van der Waals surface area contributed by atoms with E-state index in [0.29, 0.717) is 54.8 Å². The molecule has 0 spiro atoms. The van der Waals surface area contributed by atoms with Crippen molar-refractivity contribution in [2.75, 3.05) is 31.3 Å². The third-order valence-electron chi connectivity index (χ3n) is 5.45. The Hall–Kier alpha value is -3.09. The minimum atomic E-state index is -0.424. The number of hydrogen-bond acceptors (Lipinski definition) is 7. The summed E-state index contributed by atoms with van der Waals surface area (Å²) >= 11 is 0. The van der Waals surface area contributed by atoms with E-state index >= 15 is 0 Å². The first-order chi connectivity index (χ1) is 14.6. The zero-order valence-electron chi connectivity index (χ0n) is 17.3. The van der Waals surface area contributed by atoms with E-state index < -0.39 is 5.97 Å². The molecule has 7 nitrogen and oxygen atoms in total. The van der Waals surface area contributed by atoms with Crippen molar-refractivity contribution < 1.29 is 23.8 Å². The lowest BCUT2D eigenvalue weighted by Crippen LogP contribution is -2.29. The van der Waals surface area contributed by atoms with Gasteiger partial charge < -0.3 is 19.1 Å². The summed E-state index contributed by atoms with van der Waals surface area (Å²) < 4.78 is 16.7. The lowest BCUT2D eigenvalue weighted by atomic mass is 9.91. The van der Waals surface area contributed by atoms with Crippen LogP contribution >= 0.6 is 0 Å². The summed E-state index contributed by atoms with van der Waals surface area (Å²) in [5.74, 6) is 1.53. The molecular formula is C23H26N2O5. The number of pyridine rings is 1. The van der Waals surface area contributed by atoms with Crippen LogP contribution in [0, 0.1) is 5.92 Å². The van der Waals surface area contributed by atoms with Crippen LogP contribution in [0.25, 0.3) is 0 Å². The number of carbonyl (C=O) groups excluding carboxylic acids is 2. The van der Waals surface area contributed by atoms with Gasteiger partial charge in [0.25, 0.3) is 0 Å². The number of carbonyl (C=O) groups is 2. The highest BCUT2D eigenvalue weighted by molar-refractivity contribution is 6.01. The van der Waals surface area contributed by atoms with Crippen molar-refractivity contribution in [1.29, 1.82) is 0 Å². The highest BCUT2D eigenvalue weighted by Crippen LogP contribution is 2.38. The van der Waals surface area contributed by atoms with Gasteiger partial charge in [0.15, 0.2) is 17.4 Å². The van der Waals surface area contributed by atoms with Crippen molar-refractivity contribution in [3.8, 4) is 11.5 Å². The van der Waals surface area contributed by atoms with Crippen LogP contribution in [0.3, 0.4) is 0 Å². The highest BCUT2D eigenvalue weighted by atomic mass is 16.5. The van der Waals surface area contributed by atoms with Gasteiger partial charge in [-0.05, 0) is 31.9 Å². The molecule has 1 unspecified atom stereocenters. The molecule has 7 heteroatoms. The second kappa shape index (κ2) is 8.73. The molecule has 158 valence electrons. The van der Waals surface area contributed by atoms with Crippen LogP contribution in [0.1, 0.15) is 53.8 Å². The third-order valence-corrected chi connectivity index (χ3v) is 5.45. The number of ketones is 1. The van der Waals surface area contributed by atoms with Crippen LogP contribution in [0.15, 0.2) is 30.5 Å². The first-order valence-corrected chi connectivity index (χ1v) is 10.5. The summed E-state index contributed by atoms with van der Waals surface area (Å²) in [5, 5.41) is 0. The Balaban J connectivity index is 1.64. The van der Waals surface area contributed by atoms with Gasteiger partial charge in [0, 0.05) is 29.9 Å². The summed E-state index contributed by atoms with van der Waals surface area (Å²) in [6.07, 6.45) is 4.10. The fourth-order valence-corrected chi connectivity index (χ4v) is 3.96. The molecule has 1 aromatic carbocycles. The molecule has 0 aliphatic carbocycles. The fourth-order valence-electron chi connectivity index (χ4n) is 3.96. The molecule has 0 fully saturated rings. The molecule has 2 aliphatic rings. The lowest BCUT2D eigenvalue weighted by Gasteiger charge is -2.30. The number of hydrogen-bond donors (Lipinski definition) is 0. The maximum absolute atomic E-state index is 12.9. The fraction of sp³-hybridized carbons (Fsp3) is 0.435. The molecule has 30 heavy (non-hydrogen) atoms. The molecule has 1 atom stereocenters. The van der Waals surface area contributed by atoms with Crippen molar-refractivity contribution in [3.05, 3.63) is 41.6 Å². The summed E-state index contributed by atoms with van der Waals surface area (Å²) in [6, 6.07) is 7.33. The monoisotopic (exact) mass is 410 g/mol. The van der Waals surface area contributed by atoms with Crippen LogP contribution in [0.2, 0.25) is 0 Å². The maximum atomic E-state index is 12.9. The predicted octanol–water partition coefficient (Wildman–Crippen LogP) is 4.17. The number of benzene rings is 1. The zero-order valence-corrected chi connectivity index (χ0v) is 17.3. The van der Waals surface area contributed by atoms with Gasteiger partial charge in [0.1, 0.15) is 12.4 Å². The Bertz CT molecular complexity index is 959. The summed E-state index contributed by atoms with van der Waals surface area (Å²) in [5.41, 5.74) is 1.88. The van der Waals surface area contributed by atoms with Gasteiger partial charge in [-0.2, -0.15) is 0 Å². The highest BCUT2D eigenvalue weighted by Gasteiger charge is 2.28. The van der Waals surface area contributed by atoms with Gasteiger partial charge in [-0.1, -0.05) is 13.3 Å². The molecule has 0 bridgehead atoms. The summed E-state index contributed by atoms with van der Waals surface area (Å²) in [6.45, 7) is 5.75. The van der Waals surface area contributed by atoms with Crippen LogP contribution in [-0.4, -0.2) is 43.1 Å². The number of nitrogens with zero attached hydrogens (tertiary/aromatic N) is 2. The Morgan fingerprint density at radius 3 is 2.83 bits per heavy atom. The van der Waals surface area contributed by atoms with Gasteiger partial charge in [-0.15, -0.1) is 0 Å². The summed E-state index contributed by atoms with van der Waals surface area (Å²) in [4.78, 5) is 31.4. The Kier molecular flexibility index (Phi) is 5.88. The van der Waals surface area contributed by atoms with E-state index in [-0.39, 0.29) is 11.7 Å². The second-order valence-electron chi connectivity index (χ2n) is 7.43. The number of esters is 1. The average Bonchev–Trinajstić information content (AvgIpc) is 2.92. The molecule has 0 radical (unpaired) electrons. The number of anilines is 2. The van der Waals surface area contributed by atoms with E-state index in [1.807, 2.05) is 23.1 Å². The zero-order chi connectivity index (χ0) is 21.1.